The predicted molar refractivity (Wildman–Crippen MR) is 151 cm³/mol. The smallest absolute Gasteiger partial charge is 0.335 e. The number of fused-ring (bicyclic) bond motifs is 1. The Balaban J connectivity index is 0.000000342. The second kappa shape index (κ2) is 15.3. The SMILES string of the molecule is Clc1ccc2c(c1NCc1ccc(CSC3CCCCC3)cc1)CCNCC2.O=C(O)C(O)C(O)C(=O)O. The second-order valence-corrected chi connectivity index (χ2v) is 11.3. The van der Waals surface area contributed by atoms with Gasteiger partial charge in [0, 0.05) is 17.5 Å². The Kier molecular flexibility index (Phi) is 12.2. The largest absolute Gasteiger partial charge is 0.479 e. The molecule has 6 N–H and O–H groups in total. The summed E-state index contributed by atoms with van der Waals surface area (Å²) in [5, 5.41) is 41.3. The molecule has 10 heteroatoms. The van der Waals surface area contributed by atoms with E-state index in [4.69, 9.17) is 32.0 Å². The van der Waals surface area contributed by atoms with E-state index in [-0.39, 0.29) is 0 Å². The van der Waals surface area contributed by atoms with E-state index >= 15 is 0 Å². The first kappa shape index (κ1) is 30.2. The topological polar surface area (TPSA) is 139 Å². The number of carboxylic acid groups (broad SMARTS) is 2. The number of aliphatic hydroxyl groups excluding tert-OH is 2. The van der Waals surface area contributed by atoms with Crippen LogP contribution in [0.5, 0.6) is 0 Å². The third-order valence-corrected chi connectivity index (χ3v) is 8.58. The summed E-state index contributed by atoms with van der Waals surface area (Å²) >= 11 is 8.68. The van der Waals surface area contributed by atoms with Crippen molar-refractivity contribution >= 4 is 41.0 Å². The molecule has 0 aromatic heterocycles. The molecule has 0 spiro atoms. The van der Waals surface area contributed by atoms with Crippen LogP contribution in [0.3, 0.4) is 0 Å². The quantitative estimate of drug-likeness (QED) is 0.266. The fraction of sp³-hybridized carbons (Fsp3) is 0.500. The number of aliphatic hydroxyl groups is 2. The summed E-state index contributed by atoms with van der Waals surface area (Å²) in [7, 11) is 0. The predicted octanol–water partition coefficient (Wildman–Crippen LogP) is 4.08. The number of halogens is 1. The molecule has 1 aliphatic heterocycles. The van der Waals surface area contributed by atoms with Gasteiger partial charge in [0.2, 0.25) is 0 Å². The Morgan fingerprint density at radius 1 is 0.921 bits per heavy atom. The van der Waals surface area contributed by atoms with Gasteiger partial charge in [-0.15, -0.1) is 0 Å². The molecule has 1 aliphatic carbocycles. The minimum Gasteiger partial charge on any atom is -0.479 e. The molecular formula is C28H37ClN2O6S. The van der Waals surface area contributed by atoms with Gasteiger partial charge in [0.25, 0.3) is 0 Å². The number of benzene rings is 2. The van der Waals surface area contributed by atoms with Gasteiger partial charge >= 0.3 is 11.9 Å². The zero-order chi connectivity index (χ0) is 27.5. The van der Waals surface area contributed by atoms with Crippen molar-refractivity contribution in [2.24, 2.45) is 0 Å². The molecule has 2 unspecified atom stereocenters. The molecule has 208 valence electrons. The summed E-state index contributed by atoms with van der Waals surface area (Å²) in [6, 6.07) is 13.4. The highest BCUT2D eigenvalue weighted by Crippen LogP contribution is 2.32. The van der Waals surface area contributed by atoms with Gasteiger partial charge in [0.1, 0.15) is 0 Å². The summed E-state index contributed by atoms with van der Waals surface area (Å²) in [6.45, 7) is 2.89. The van der Waals surface area contributed by atoms with Crippen molar-refractivity contribution in [3.63, 3.8) is 0 Å². The van der Waals surface area contributed by atoms with Gasteiger partial charge in [-0.05, 0) is 67.1 Å². The van der Waals surface area contributed by atoms with Crippen molar-refractivity contribution in [3.8, 4) is 0 Å². The highest BCUT2D eigenvalue weighted by atomic mass is 35.5. The van der Waals surface area contributed by atoms with Crippen LogP contribution in [0, 0.1) is 0 Å². The van der Waals surface area contributed by atoms with E-state index in [2.05, 4.69) is 52.7 Å². The van der Waals surface area contributed by atoms with E-state index in [9.17, 15) is 9.59 Å². The second-order valence-electron chi connectivity index (χ2n) is 9.62. The molecule has 2 aromatic rings. The van der Waals surface area contributed by atoms with Crippen LogP contribution in [-0.2, 0) is 34.7 Å². The summed E-state index contributed by atoms with van der Waals surface area (Å²) in [5.74, 6) is -2.39. The summed E-state index contributed by atoms with van der Waals surface area (Å²) in [6.07, 6.45) is 4.67. The molecule has 2 aliphatic rings. The number of hydrogen-bond acceptors (Lipinski definition) is 7. The molecule has 1 saturated carbocycles. The standard InChI is InChI=1S/C24H31ClN2S.C4H6O6/c25-23-11-10-20-12-14-26-15-13-22(20)24(23)27-16-18-6-8-19(9-7-18)17-28-21-4-2-1-3-5-21;5-1(3(7)8)2(6)4(9)10/h6-11,21,26-27H,1-5,12-17H2;1-2,5-6H,(H,7,8)(H,9,10). The number of carboxylic acids is 2. The van der Waals surface area contributed by atoms with Crippen molar-refractivity contribution < 1.29 is 30.0 Å². The number of thioether (sulfide) groups is 1. The molecule has 1 fully saturated rings. The van der Waals surface area contributed by atoms with Gasteiger partial charge < -0.3 is 31.1 Å². The molecule has 4 rings (SSSR count). The molecule has 0 saturated heterocycles. The lowest BCUT2D eigenvalue weighted by molar-refractivity contribution is -0.165. The number of nitrogens with one attached hydrogen (secondary N) is 2. The van der Waals surface area contributed by atoms with Crippen LogP contribution in [0.25, 0.3) is 0 Å². The molecular weight excluding hydrogens is 528 g/mol. The van der Waals surface area contributed by atoms with Gasteiger partial charge in [-0.3, -0.25) is 0 Å². The molecule has 38 heavy (non-hydrogen) atoms. The lowest BCUT2D eigenvalue weighted by Crippen LogP contribution is -2.39. The van der Waals surface area contributed by atoms with Gasteiger partial charge in [-0.1, -0.05) is 61.2 Å². The molecule has 2 atom stereocenters. The van der Waals surface area contributed by atoms with E-state index in [0.29, 0.717) is 0 Å². The average Bonchev–Trinajstić information content (AvgIpc) is 3.18. The van der Waals surface area contributed by atoms with Crippen molar-refractivity contribution in [2.45, 2.75) is 74.7 Å². The summed E-state index contributed by atoms with van der Waals surface area (Å²) in [4.78, 5) is 19.5. The first-order valence-electron chi connectivity index (χ1n) is 13.0. The Bertz CT molecular complexity index is 1040. The highest BCUT2D eigenvalue weighted by molar-refractivity contribution is 7.99. The van der Waals surface area contributed by atoms with E-state index in [0.717, 1.165) is 54.2 Å². The van der Waals surface area contributed by atoms with E-state index in [1.165, 1.54) is 54.4 Å². The molecule has 8 nitrogen and oxygen atoms in total. The van der Waals surface area contributed by atoms with Crippen molar-refractivity contribution in [1.29, 1.82) is 0 Å². The van der Waals surface area contributed by atoms with Crippen LogP contribution in [0.2, 0.25) is 5.02 Å². The van der Waals surface area contributed by atoms with Crippen LogP contribution in [0.1, 0.15) is 54.4 Å². The maximum atomic E-state index is 9.77. The van der Waals surface area contributed by atoms with Gasteiger partial charge in [-0.2, -0.15) is 11.8 Å². The number of carbonyl (C=O) groups is 2. The van der Waals surface area contributed by atoms with Crippen molar-refractivity contribution in [3.05, 3.63) is 63.7 Å². The van der Waals surface area contributed by atoms with Gasteiger partial charge in [0.15, 0.2) is 12.2 Å². The monoisotopic (exact) mass is 564 g/mol. The normalized spacial score (nSPS) is 17.2. The Hall–Kier alpha value is -2.30. The van der Waals surface area contributed by atoms with E-state index < -0.39 is 24.1 Å². The maximum absolute atomic E-state index is 9.77. The van der Waals surface area contributed by atoms with Crippen LogP contribution < -0.4 is 10.6 Å². The number of aliphatic carboxylic acids is 2. The van der Waals surface area contributed by atoms with Gasteiger partial charge in [0.05, 0.1) is 10.7 Å². The molecule has 2 aromatic carbocycles. The number of rotatable bonds is 9. The highest BCUT2D eigenvalue weighted by Gasteiger charge is 2.29. The third kappa shape index (κ3) is 9.17. The summed E-state index contributed by atoms with van der Waals surface area (Å²) in [5.41, 5.74) is 6.69. The minimum absolute atomic E-state index is 0.819. The average molecular weight is 565 g/mol. The zero-order valence-electron chi connectivity index (χ0n) is 21.4. The first-order valence-corrected chi connectivity index (χ1v) is 14.4. The Morgan fingerprint density at radius 2 is 1.53 bits per heavy atom. The Morgan fingerprint density at radius 3 is 2.16 bits per heavy atom. The summed E-state index contributed by atoms with van der Waals surface area (Å²) < 4.78 is 0. The van der Waals surface area contributed by atoms with Crippen LogP contribution in [-0.4, -0.2) is 62.9 Å². The lowest BCUT2D eigenvalue weighted by atomic mass is 10.0. The van der Waals surface area contributed by atoms with Crippen LogP contribution in [0.15, 0.2) is 36.4 Å². The Labute approximate surface area is 232 Å². The van der Waals surface area contributed by atoms with Crippen molar-refractivity contribution in [1.82, 2.24) is 5.32 Å². The number of hydrogen-bond donors (Lipinski definition) is 6. The first-order chi connectivity index (χ1) is 18.3. The zero-order valence-corrected chi connectivity index (χ0v) is 22.9. The molecule has 0 radical (unpaired) electrons. The fourth-order valence-electron chi connectivity index (χ4n) is 4.59. The number of anilines is 1. The molecule has 0 bridgehead atoms. The maximum Gasteiger partial charge on any atom is 0.335 e. The van der Waals surface area contributed by atoms with Crippen molar-refractivity contribution in [2.75, 3.05) is 18.4 Å². The van der Waals surface area contributed by atoms with E-state index in [1.54, 1.807) is 0 Å². The lowest BCUT2D eigenvalue weighted by Gasteiger charge is -2.21. The minimum atomic E-state index is -2.27. The van der Waals surface area contributed by atoms with Gasteiger partial charge in [-0.25, -0.2) is 9.59 Å². The van der Waals surface area contributed by atoms with Crippen LogP contribution >= 0.6 is 23.4 Å². The molecule has 1 heterocycles. The molecule has 0 amide bonds. The van der Waals surface area contributed by atoms with Crippen LogP contribution in [0.4, 0.5) is 5.69 Å². The fourth-order valence-corrected chi connectivity index (χ4v) is 6.13. The third-order valence-electron chi connectivity index (χ3n) is 6.82. The van der Waals surface area contributed by atoms with E-state index in [1.807, 2.05) is 6.07 Å².